The van der Waals surface area contributed by atoms with Crippen LogP contribution in [-0.2, 0) is 9.53 Å². The number of methoxy groups -OCH3 is 1. The Morgan fingerprint density at radius 3 is 2.90 bits per heavy atom. The first kappa shape index (κ1) is 21.4. The summed E-state index contributed by atoms with van der Waals surface area (Å²) in [6.45, 7) is 2.12. The van der Waals surface area contributed by atoms with Gasteiger partial charge >= 0.3 is 5.97 Å². The number of carbonyl (C=O) groups excluding carboxylic acids is 1. The molecule has 2 aromatic rings. The first-order valence-corrected chi connectivity index (χ1v) is 10.3. The Hall–Kier alpha value is -2.29. The van der Waals surface area contributed by atoms with Gasteiger partial charge in [0.05, 0.1) is 36.8 Å². The number of halogens is 1. The van der Waals surface area contributed by atoms with E-state index in [-0.39, 0.29) is 24.6 Å². The fraction of sp³-hybridized carbons (Fsp3) is 0.381. The second kappa shape index (κ2) is 9.96. The van der Waals surface area contributed by atoms with Crippen molar-refractivity contribution in [3.05, 3.63) is 58.3 Å². The largest absolute Gasteiger partial charge is 0.469 e. The molecule has 0 radical (unpaired) electrons. The number of pyridine rings is 1. The molecule has 0 bridgehead atoms. The second-order valence-electron chi connectivity index (χ2n) is 6.94. The van der Waals surface area contributed by atoms with Crippen LogP contribution in [0.15, 0.2) is 52.1 Å². The third-order valence-corrected chi connectivity index (χ3v) is 5.13. The lowest BCUT2D eigenvalue weighted by molar-refractivity contribution is -0.140. The average Bonchev–Trinajstić information content (AvgIpc) is 2.87. The van der Waals surface area contributed by atoms with Crippen LogP contribution in [0.25, 0.3) is 0 Å². The van der Waals surface area contributed by atoms with E-state index in [0.717, 1.165) is 27.1 Å². The van der Waals surface area contributed by atoms with Gasteiger partial charge in [0.1, 0.15) is 0 Å². The summed E-state index contributed by atoms with van der Waals surface area (Å²) in [6.07, 6.45) is 1.69. The number of rotatable bonds is 7. The number of aliphatic hydroxyl groups excluding tert-OH is 1. The summed E-state index contributed by atoms with van der Waals surface area (Å²) in [6, 6.07) is 11.4. The number of aliphatic imine (C=N–C) groups is 1. The molecule has 1 aliphatic rings. The highest BCUT2D eigenvalue weighted by molar-refractivity contribution is 9.10. The van der Waals surface area contributed by atoms with E-state index in [2.05, 4.69) is 31.5 Å². The fourth-order valence-corrected chi connectivity index (χ4v) is 3.56. The number of nitrogens with zero attached hydrogens (tertiary/aromatic N) is 2. The zero-order valence-corrected chi connectivity index (χ0v) is 18.0. The highest BCUT2D eigenvalue weighted by Crippen LogP contribution is 2.29. The molecule has 0 aliphatic carbocycles. The normalized spacial score (nSPS) is 19.4. The molecule has 0 spiro atoms. The monoisotopic (exact) mass is 460 g/mol. The lowest BCUT2D eigenvalue weighted by atomic mass is 10.0. The van der Waals surface area contributed by atoms with Crippen molar-refractivity contribution in [2.24, 2.45) is 4.99 Å². The number of hydrogen-bond acceptors (Lipinski definition) is 7. The number of carbonyl (C=O) groups is 1. The van der Waals surface area contributed by atoms with E-state index in [4.69, 9.17) is 9.73 Å². The summed E-state index contributed by atoms with van der Waals surface area (Å²) in [7, 11) is 1.38. The van der Waals surface area contributed by atoms with Gasteiger partial charge in [0.15, 0.2) is 0 Å². The quantitative estimate of drug-likeness (QED) is 0.549. The van der Waals surface area contributed by atoms with Crippen LogP contribution in [0, 0.1) is 0 Å². The molecule has 154 valence electrons. The maximum absolute atomic E-state index is 11.8. The van der Waals surface area contributed by atoms with Crippen LogP contribution < -0.4 is 10.6 Å². The van der Waals surface area contributed by atoms with Gasteiger partial charge in [0.25, 0.3) is 0 Å². The number of fused-ring (bicyclic) bond motifs is 1. The number of benzene rings is 1. The number of hydrogen-bond donors (Lipinski definition) is 3. The van der Waals surface area contributed by atoms with Crippen molar-refractivity contribution in [2.75, 3.05) is 19.0 Å². The number of ether oxygens (including phenoxy) is 1. The van der Waals surface area contributed by atoms with E-state index in [1.54, 1.807) is 13.1 Å². The van der Waals surface area contributed by atoms with Gasteiger partial charge in [-0.05, 0) is 43.7 Å². The van der Waals surface area contributed by atoms with Crippen molar-refractivity contribution >= 4 is 33.3 Å². The minimum Gasteiger partial charge on any atom is -0.469 e. The molecule has 3 N–H and O–H groups in total. The SMILES string of the molecule is COC(=O)CC[C@@H]1N=C(c2ccccn2)c2cc(Br)ccc2NC1NCC(C)O. The predicted octanol–water partition coefficient (Wildman–Crippen LogP) is 2.73. The van der Waals surface area contributed by atoms with E-state index in [0.29, 0.717) is 13.0 Å². The molecule has 2 unspecified atom stereocenters. The van der Waals surface area contributed by atoms with E-state index < -0.39 is 6.10 Å². The van der Waals surface area contributed by atoms with Gasteiger partial charge in [-0.2, -0.15) is 0 Å². The number of aliphatic hydroxyl groups is 1. The number of aromatic nitrogens is 1. The number of esters is 1. The van der Waals surface area contributed by atoms with Crippen molar-refractivity contribution in [3.8, 4) is 0 Å². The zero-order valence-electron chi connectivity index (χ0n) is 16.4. The second-order valence-corrected chi connectivity index (χ2v) is 7.86. The van der Waals surface area contributed by atoms with Crippen LogP contribution in [0.5, 0.6) is 0 Å². The Labute approximate surface area is 178 Å². The highest BCUT2D eigenvalue weighted by Gasteiger charge is 2.28. The molecular weight excluding hydrogens is 436 g/mol. The molecule has 0 saturated heterocycles. The van der Waals surface area contributed by atoms with Crippen molar-refractivity contribution in [2.45, 2.75) is 38.1 Å². The van der Waals surface area contributed by atoms with Crippen LogP contribution in [0.4, 0.5) is 5.69 Å². The van der Waals surface area contributed by atoms with Crippen molar-refractivity contribution < 1.29 is 14.6 Å². The molecule has 8 heteroatoms. The minimum atomic E-state index is -0.509. The molecule has 1 aromatic carbocycles. The Kier molecular flexibility index (Phi) is 7.35. The van der Waals surface area contributed by atoms with Crippen molar-refractivity contribution in [1.29, 1.82) is 0 Å². The van der Waals surface area contributed by atoms with Crippen molar-refractivity contribution in [1.82, 2.24) is 10.3 Å². The maximum Gasteiger partial charge on any atom is 0.305 e. The first-order chi connectivity index (χ1) is 14.0. The van der Waals surface area contributed by atoms with Crippen LogP contribution >= 0.6 is 15.9 Å². The van der Waals surface area contributed by atoms with E-state index >= 15 is 0 Å². The van der Waals surface area contributed by atoms with Gasteiger partial charge in [-0.1, -0.05) is 22.0 Å². The Morgan fingerprint density at radius 1 is 1.38 bits per heavy atom. The summed E-state index contributed by atoms with van der Waals surface area (Å²) >= 11 is 3.54. The van der Waals surface area contributed by atoms with Gasteiger partial charge in [-0.25, -0.2) is 0 Å². The summed E-state index contributed by atoms with van der Waals surface area (Å²) in [4.78, 5) is 21.3. The minimum absolute atomic E-state index is 0.245. The Bertz CT molecular complexity index is 873. The molecule has 3 atom stereocenters. The molecule has 29 heavy (non-hydrogen) atoms. The first-order valence-electron chi connectivity index (χ1n) is 9.52. The molecule has 3 rings (SSSR count). The van der Waals surface area contributed by atoms with Crippen LogP contribution in [0.1, 0.15) is 31.0 Å². The lowest BCUT2D eigenvalue weighted by Crippen LogP contribution is -2.47. The molecule has 0 saturated carbocycles. The van der Waals surface area contributed by atoms with Crippen LogP contribution in [0.3, 0.4) is 0 Å². The van der Waals surface area contributed by atoms with Gasteiger partial charge in [0.2, 0.25) is 0 Å². The fourth-order valence-electron chi connectivity index (χ4n) is 3.20. The molecule has 0 amide bonds. The summed E-state index contributed by atoms with van der Waals surface area (Å²) in [5.74, 6) is -0.279. The van der Waals surface area contributed by atoms with Crippen LogP contribution in [-0.4, -0.2) is 53.7 Å². The van der Waals surface area contributed by atoms with E-state index in [9.17, 15) is 9.90 Å². The molecule has 1 aromatic heterocycles. The Balaban J connectivity index is 2.04. The summed E-state index contributed by atoms with van der Waals surface area (Å²) in [5.41, 5.74) is 3.34. The summed E-state index contributed by atoms with van der Waals surface area (Å²) in [5, 5.41) is 16.6. The topological polar surface area (TPSA) is 95.8 Å². The van der Waals surface area contributed by atoms with Crippen LogP contribution in [0.2, 0.25) is 0 Å². The van der Waals surface area contributed by atoms with Gasteiger partial charge < -0.3 is 15.2 Å². The smallest absolute Gasteiger partial charge is 0.305 e. The zero-order chi connectivity index (χ0) is 20.8. The third-order valence-electron chi connectivity index (χ3n) is 4.64. The molecule has 0 fully saturated rings. The van der Waals surface area contributed by atoms with Gasteiger partial charge in [-0.15, -0.1) is 0 Å². The number of anilines is 1. The molecule has 7 nitrogen and oxygen atoms in total. The van der Waals surface area contributed by atoms with E-state index in [1.165, 1.54) is 7.11 Å². The maximum atomic E-state index is 11.8. The number of benzodiazepines with no additional fused rings is 1. The van der Waals surface area contributed by atoms with Gasteiger partial charge in [0, 0.05) is 34.9 Å². The molecule has 1 aliphatic heterocycles. The van der Waals surface area contributed by atoms with Crippen molar-refractivity contribution in [3.63, 3.8) is 0 Å². The summed E-state index contributed by atoms with van der Waals surface area (Å²) < 4.78 is 5.74. The molecule has 2 heterocycles. The van der Waals surface area contributed by atoms with E-state index in [1.807, 2.05) is 36.4 Å². The average molecular weight is 461 g/mol. The lowest BCUT2D eigenvalue weighted by Gasteiger charge is -2.26. The highest BCUT2D eigenvalue weighted by atomic mass is 79.9. The molecular formula is C21H25BrN4O3. The predicted molar refractivity (Wildman–Crippen MR) is 116 cm³/mol. The standard InChI is InChI=1S/C21H25BrN4O3/c1-13(27)12-24-21-18(8-9-19(28)29-2)25-20(17-5-3-4-10-23-17)15-11-14(22)6-7-16(15)26-21/h3-7,10-11,13,18,21,24,26-27H,8-9,12H2,1-2H3/t13?,18-,21?/m0/s1. The van der Waals surface area contributed by atoms with Gasteiger partial charge in [-0.3, -0.25) is 20.1 Å². The number of nitrogens with one attached hydrogen (secondary N) is 2. The Morgan fingerprint density at radius 2 is 2.21 bits per heavy atom. The third kappa shape index (κ3) is 5.62.